The van der Waals surface area contributed by atoms with Gasteiger partial charge in [0.05, 0.1) is 19.7 Å². The number of fused-ring (bicyclic) bond motifs is 1. The lowest BCUT2D eigenvalue weighted by molar-refractivity contribution is 0.237. The fraction of sp³-hybridized carbons (Fsp3) is 0.556. The standard InChI is InChI=1S/C18H24N4O2S/c1-23-15-9-13-14(10-16(15)24-2)19-12-20-17(13)21-6-3-18(4-7-21)5-8-22(25)11-18/h9-10,12,25H,3-8,11H2,1-2H3. The molecule has 134 valence electrons. The van der Waals surface area contributed by atoms with Gasteiger partial charge >= 0.3 is 0 Å². The average molecular weight is 360 g/mol. The van der Waals surface area contributed by atoms with Crippen LogP contribution in [-0.4, -0.2) is 54.7 Å². The quantitative estimate of drug-likeness (QED) is 0.850. The molecule has 0 N–H and O–H groups in total. The molecule has 2 aromatic rings. The predicted octanol–water partition coefficient (Wildman–Crippen LogP) is 2.78. The number of hydrogen-bond donors (Lipinski definition) is 1. The van der Waals surface area contributed by atoms with E-state index in [-0.39, 0.29) is 0 Å². The monoisotopic (exact) mass is 360 g/mol. The Hall–Kier alpha value is -1.73. The van der Waals surface area contributed by atoms with Gasteiger partial charge in [0.15, 0.2) is 11.5 Å². The van der Waals surface area contributed by atoms with Gasteiger partial charge in [0.1, 0.15) is 12.1 Å². The fourth-order valence-electron chi connectivity index (χ4n) is 4.13. The highest BCUT2D eigenvalue weighted by Gasteiger charge is 2.40. The Bertz CT molecular complexity index is 777. The van der Waals surface area contributed by atoms with E-state index in [9.17, 15) is 0 Å². The molecule has 25 heavy (non-hydrogen) atoms. The molecule has 0 unspecified atom stereocenters. The first kappa shape index (κ1) is 16.7. The van der Waals surface area contributed by atoms with Crippen molar-refractivity contribution in [1.82, 2.24) is 14.3 Å². The largest absolute Gasteiger partial charge is 0.493 e. The summed E-state index contributed by atoms with van der Waals surface area (Å²) >= 11 is 4.53. The molecule has 7 heteroatoms. The number of benzene rings is 1. The first-order valence-corrected chi connectivity index (χ1v) is 9.10. The van der Waals surface area contributed by atoms with Crippen LogP contribution in [0, 0.1) is 5.41 Å². The first-order chi connectivity index (χ1) is 12.1. The SMILES string of the molecule is COc1cc2ncnc(N3CCC4(CCN(S)C4)CC3)c2cc1OC. The van der Waals surface area contributed by atoms with Crippen molar-refractivity contribution < 1.29 is 9.47 Å². The number of aromatic nitrogens is 2. The van der Waals surface area contributed by atoms with E-state index >= 15 is 0 Å². The van der Waals surface area contributed by atoms with Gasteiger partial charge in [-0.2, -0.15) is 0 Å². The lowest BCUT2D eigenvalue weighted by Crippen LogP contribution is -2.41. The van der Waals surface area contributed by atoms with Gasteiger partial charge in [0.2, 0.25) is 0 Å². The van der Waals surface area contributed by atoms with E-state index < -0.39 is 0 Å². The van der Waals surface area contributed by atoms with E-state index in [2.05, 4.69) is 32.0 Å². The molecular weight excluding hydrogens is 336 g/mol. The zero-order chi connectivity index (χ0) is 17.4. The fourth-order valence-corrected chi connectivity index (χ4v) is 4.53. The maximum Gasteiger partial charge on any atom is 0.162 e. The number of methoxy groups -OCH3 is 2. The molecule has 0 amide bonds. The number of nitrogens with zero attached hydrogens (tertiary/aromatic N) is 4. The van der Waals surface area contributed by atoms with Crippen molar-refractivity contribution in [1.29, 1.82) is 0 Å². The van der Waals surface area contributed by atoms with E-state index in [0.717, 1.165) is 42.9 Å². The Labute approximate surface area is 153 Å². The van der Waals surface area contributed by atoms with Gasteiger partial charge < -0.3 is 14.4 Å². The first-order valence-electron chi connectivity index (χ1n) is 8.70. The van der Waals surface area contributed by atoms with Crippen LogP contribution in [0.5, 0.6) is 11.5 Å². The summed E-state index contributed by atoms with van der Waals surface area (Å²) in [6, 6.07) is 3.90. The predicted molar refractivity (Wildman–Crippen MR) is 102 cm³/mol. The summed E-state index contributed by atoms with van der Waals surface area (Å²) < 4.78 is 13.0. The Balaban J connectivity index is 1.63. The summed E-state index contributed by atoms with van der Waals surface area (Å²) in [7, 11) is 3.29. The molecule has 6 nitrogen and oxygen atoms in total. The van der Waals surface area contributed by atoms with Crippen molar-refractivity contribution >= 4 is 29.5 Å². The third kappa shape index (κ3) is 3.00. The number of anilines is 1. The Morgan fingerprint density at radius 2 is 1.68 bits per heavy atom. The summed E-state index contributed by atoms with van der Waals surface area (Å²) in [5, 5.41) is 1.01. The average Bonchev–Trinajstić information content (AvgIpc) is 3.01. The molecule has 0 saturated carbocycles. The normalized spacial score (nSPS) is 20.4. The van der Waals surface area contributed by atoms with Crippen molar-refractivity contribution in [2.45, 2.75) is 19.3 Å². The molecule has 2 aliphatic heterocycles. The molecule has 0 aliphatic carbocycles. The van der Waals surface area contributed by atoms with Gasteiger partial charge in [0, 0.05) is 37.6 Å². The summed E-state index contributed by atoms with van der Waals surface area (Å²) in [4.78, 5) is 11.4. The number of thiol groups is 1. The minimum Gasteiger partial charge on any atom is -0.493 e. The molecule has 1 spiro atoms. The maximum absolute atomic E-state index is 5.46. The molecule has 1 aromatic heterocycles. The second-order valence-electron chi connectivity index (χ2n) is 7.05. The van der Waals surface area contributed by atoms with Gasteiger partial charge in [-0.15, -0.1) is 0 Å². The summed E-state index contributed by atoms with van der Waals surface area (Å²) in [6.07, 6.45) is 5.25. The molecule has 2 saturated heterocycles. The molecule has 0 radical (unpaired) electrons. The van der Waals surface area contributed by atoms with Gasteiger partial charge in [-0.3, -0.25) is 4.31 Å². The topological polar surface area (TPSA) is 50.7 Å². The number of rotatable bonds is 3. The van der Waals surface area contributed by atoms with Gasteiger partial charge in [-0.25, -0.2) is 9.97 Å². The van der Waals surface area contributed by atoms with Crippen LogP contribution in [0.2, 0.25) is 0 Å². The van der Waals surface area contributed by atoms with Crippen LogP contribution >= 0.6 is 12.8 Å². The van der Waals surface area contributed by atoms with Crippen molar-refractivity contribution in [3.63, 3.8) is 0 Å². The molecule has 0 atom stereocenters. The van der Waals surface area contributed by atoms with E-state index in [0.29, 0.717) is 16.9 Å². The van der Waals surface area contributed by atoms with Crippen molar-refractivity contribution in [2.24, 2.45) is 5.41 Å². The second kappa shape index (κ2) is 6.53. The molecular formula is C18H24N4O2S. The van der Waals surface area contributed by atoms with Gasteiger partial charge in [-0.1, -0.05) is 12.8 Å². The summed E-state index contributed by atoms with van der Waals surface area (Å²) in [5.41, 5.74) is 1.31. The van der Waals surface area contributed by atoms with Crippen molar-refractivity contribution in [3.05, 3.63) is 18.5 Å². The smallest absolute Gasteiger partial charge is 0.162 e. The molecule has 3 heterocycles. The number of hydrogen-bond acceptors (Lipinski definition) is 7. The highest BCUT2D eigenvalue weighted by molar-refractivity contribution is 7.77. The Morgan fingerprint density at radius 3 is 2.32 bits per heavy atom. The van der Waals surface area contributed by atoms with Gasteiger partial charge in [-0.05, 0) is 30.7 Å². The number of ether oxygens (including phenoxy) is 2. The van der Waals surface area contributed by atoms with E-state index in [1.165, 1.54) is 19.3 Å². The second-order valence-corrected chi connectivity index (χ2v) is 7.61. The van der Waals surface area contributed by atoms with Crippen molar-refractivity contribution in [3.8, 4) is 11.5 Å². The summed E-state index contributed by atoms with van der Waals surface area (Å²) in [6.45, 7) is 4.22. The van der Waals surface area contributed by atoms with Crippen LogP contribution in [0.4, 0.5) is 5.82 Å². The maximum atomic E-state index is 5.46. The minimum absolute atomic E-state index is 0.433. The third-order valence-electron chi connectivity index (χ3n) is 5.66. The van der Waals surface area contributed by atoms with Crippen LogP contribution in [0.3, 0.4) is 0 Å². The van der Waals surface area contributed by atoms with Crippen molar-refractivity contribution in [2.75, 3.05) is 45.3 Å². The van der Waals surface area contributed by atoms with Gasteiger partial charge in [0.25, 0.3) is 0 Å². The van der Waals surface area contributed by atoms with Crippen LogP contribution in [0.25, 0.3) is 10.9 Å². The van der Waals surface area contributed by atoms with Crippen LogP contribution in [0.1, 0.15) is 19.3 Å². The number of piperidine rings is 1. The van der Waals surface area contributed by atoms with E-state index in [1.807, 2.05) is 12.1 Å². The molecule has 0 bridgehead atoms. The molecule has 1 aromatic carbocycles. The highest BCUT2D eigenvalue weighted by Crippen LogP contribution is 2.42. The Kier molecular flexibility index (Phi) is 4.37. The van der Waals surface area contributed by atoms with Crippen LogP contribution < -0.4 is 14.4 Å². The Morgan fingerprint density at radius 1 is 1.00 bits per heavy atom. The van der Waals surface area contributed by atoms with Crippen LogP contribution in [-0.2, 0) is 0 Å². The van der Waals surface area contributed by atoms with E-state index in [4.69, 9.17) is 9.47 Å². The third-order valence-corrected chi connectivity index (χ3v) is 6.00. The summed E-state index contributed by atoms with van der Waals surface area (Å²) in [5.74, 6) is 2.39. The lowest BCUT2D eigenvalue weighted by atomic mass is 9.78. The van der Waals surface area contributed by atoms with E-state index in [1.54, 1.807) is 20.5 Å². The van der Waals surface area contributed by atoms with Crippen LogP contribution in [0.15, 0.2) is 18.5 Å². The minimum atomic E-state index is 0.433. The molecule has 4 rings (SSSR count). The lowest BCUT2D eigenvalue weighted by Gasteiger charge is -2.39. The molecule has 2 fully saturated rings. The zero-order valence-corrected chi connectivity index (χ0v) is 15.6. The highest BCUT2D eigenvalue weighted by atomic mass is 32.1. The zero-order valence-electron chi connectivity index (χ0n) is 14.7. The molecule has 2 aliphatic rings.